The van der Waals surface area contributed by atoms with Gasteiger partial charge >= 0.3 is 0 Å². The van der Waals surface area contributed by atoms with Gasteiger partial charge in [0.15, 0.2) is 0 Å². The number of unbranched alkanes of at least 4 members (excludes halogenated alkanes) is 1. The Balaban J connectivity index is 2.24. The van der Waals surface area contributed by atoms with Crippen LogP contribution < -0.4 is 5.32 Å². The minimum Gasteiger partial charge on any atom is -0.352 e. The van der Waals surface area contributed by atoms with E-state index in [4.69, 9.17) is 0 Å². The fourth-order valence-electron chi connectivity index (χ4n) is 2.10. The predicted octanol–water partition coefficient (Wildman–Crippen LogP) is 2.85. The van der Waals surface area contributed by atoms with E-state index < -0.39 is 0 Å². The summed E-state index contributed by atoms with van der Waals surface area (Å²) >= 11 is 0. The molecule has 0 saturated carbocycles. The molecule has 0 radical (unpaired) electrons. The Morgan fingerprint density at radius 1 is 1.10 bits per heavy atom. The first-order chi connectivity index (χ1) is 10.2. The number of carbonyl (C=O) groups excluding carboxylic acids is 2. The number of rotatable bonds is 9. The number of hydrogen-bond donors (Lipinski definition) is 1. The zero-order valence-electron chi connectivity index (χ0n) is 13.1. The van der Waals surface area contributed by atoms with Crippen LogP contribution in [0.4, 0.5) is 0 Å². The van der Waals surface area contributed by atoms with Crippen molar-refractivity contribution in [3.05, 3.63) is 35.9 Å². The highest BCUT2D eigenvalue weighted by Crippen LogP contribution is 2.02. The Morgan fingerprint density at radius 3 is 2.43 bits per heavy atom. The molecule has 0 aliphatic rings. The molecule has 0 aromatic heterocycles. The summed E-state index contributed by atoms with van der Waals surface area (Å²) in [7, 11) is 0. The Labute approximate surface area is 127 Å². The average molecular weight is 290 g/mol. The normalized spacial score (nSPS) is 10.2. The molecule has 0 unspecified atom stereocenters. The van der Waals surface area contributed by atoms with Crippen LogP contribution >= 0.6 is 0 Å². The van der Waals surface area contributed by atoms with Crippen molar-refractivity contribution in [2.45, 2.75) is 39.5 Å². The van der Waals surface area contributed by atoms with Crippen molar-refractivity contribution < 1.29 is 9.59 Å². The van der Waals surface area contributed by atoms with Crippen LogP contribution in [0.5, 0.6) is 0 Å². The van der Waals surface area contributed by atoms with Crippen LogP contribution in [0.15, 0.2) is 30.3 Å². The van der Waals surface area contributed by atoms with Crippen molar-refractivity contribution in [2.75, 3.05) is 19.6 Å². The lowest BCUT2D eigenvalue weighted by Crippen LogP contribution is -2.32. The minimum absolute atomic E-state index is 0.0821. The molecule has 0 fully saturated rings. The fraction of sp³-hybridized carbons (Fsp3) is 0.529. The van der Waals surface area contributed by atoms with Crippen molar-refractivity contribution in [3.8, 4) is 0 Å². The van der Waals surface area contributed by atoms with Gasteiger partial charge in [-0.2, -0.15) is 0 Å². The number of amides is 2. The van der Waals surface area contributed by atoms with Crippen LogP contribution in [-0.4, -0.2) is 36.3 Å². The van der Waals surface area contributed by atoms with Gasteiger partial charge in [-0.15, -0.1) is 0 Å². The van der Waals surface area contributed by atoms with E-state index in [1.165, 1.54) is 0 Å². The minimum atomic E-state index is -0.0821. The summed E-state index contributed by atoms with van der Waals surface area (Å²) in [6.07, 6.45) is 3.31. The third-order valence-electron chi connectivity index (χ3n) is 3.40. The van der Waals surface area contributed by atoms with Gasteiger partial charge < -0.3 is 10.2 Å². The summed E-state index contributed by atoms with van der Waals surface area (Å²) in [6, 6.07) is 9.12. The monoisotopic (exact) mass is 290 g/mol. The number of nitrogens with zero attached hydrogens (tertiary/aromatic N) is 1. The highest BCUT2D eigenvalue weighted by molar-refractivity contribution is 5.94. The molecule has 0 aliphatic heterocycles. The number of benzene rings is 1. The lowest BCUT2D eigenvalue weighted by Gasteiger charge is -2.20. The topological polar surface area (TPSA) is 49.4 Å². The zero-order chi connectivity index (χ0) is 15.5. The quantitative estimate of drug-likeness (QED) is 0.711. The maximum atomic E-state index is 12.0. The van der Waals surface area contributed by atoms with Crippen LogP contribution in [-0.2, 0) is 4.79 Å². The van der Waals surface area contributed by atoms with E-state index in [0.29, 0.717) is 24.9 Å². The summed E-state index contributed by atoms with van der Waals surface area (Å²) in [6.45, 7) is 6.25. The second kappa shape index (κ2) is 9.97. The van der Waals surface area contributed by atoms with Gasteiger partial charge in [0.1, 0.15) is 0 Å². The zero-order valence-corrected chi connectivity index (χ0v) is 13.1. The third-order valence-corrected chi connectivity index (χ3v) is 3.40. The molecule has 1 N–H and O–H groups in total. The van der Waals surface area contributed by atoms with Crippen molar-refractivity contribution in [1.29, 1.82) is 0 Å². The second-order valence-electron chi connectivity index (χ2n) is 5.05. The van der Waals surface area contributed by atoms with Crippen molar-refractivity contribution in [2.24, 2.45) is 0 Å². The van der Waals surface area contributed by atoms with Gasteiger partial charge in [-0.1, -0.05) is 31.5 Å². The molecular formula is C17H26N2O2. The molecule has 4 nitrogen and oxygen atoms in total. The summed E-state index contributed by atoms with van der Waals surface area (Å²) < 4.78 is 0. The average Bonchev–Trinajstić information content (AvgIpc) is 2.53. The van der Waals surface area contributed by atoms with E-state index in [1.807, 2.05) is 30.0 Å². The van der Waals surface area contributed by atoms with Crippen LogP contribution in [0.2, 0.25) is 0 Å². The predicted molar refractivity (Wildman–Crippen MR) is 85.2 cm³/mol. The molecule has 0 atom stereocenters. The van der Waals surface area contributed by atoms with Crippen LogP contribution in [0.1, 0.15) is 49.9 Å². The van der Waals surface area contributed by atoms with E-state index in [2.05, 4.69) is 12.2 Å². The number of carbonyl (C=O) groups is 2. The molecule has 0 aliphatic carbocycles. The lowest BCUT2D eigenvalue weighted by molar-refractivity contribution is -0.131. The van der Waals surface area contributed by atoms with Crippen molar-refractivity contribution in [3.63, 3.8) is 0 Å². The third kappa shape index (κ3) is 6.43. The highest BCUT2D eigenvalue weighted by Gasteiger charge is 2.10. The molecule has 4 heteroatoms. The molecule has 21 heavy (non-hydrogen) atoms. The van der Waals surface area contributed by atoms with Crippen molar-refractivity contribution >= 4 is 11.8 Å². The standard InChI is InChI=1S/C17H26N2O2/c1-3-5-14-19(4-2)16(20)12-9-13-18-17(21)15-10-7-6-8-11-15/h6-8,10-11H,3-5,9,12-14H2,1-2H3,(H,18,21). The maximum Gasteiger partial charge on any atom is 0.251 e. The Bertz CT molecular complexity index is 432. The number of hydrogen-bond acceptors (Lipinski definition) is 2. The first-order valence-corrected chi connectivity index (χ1v) is 7.80. The van der Waals surface area contributed by atoms with E-state index in [1.54, 1.807) is 12.1 Å². The molecule has 0 heterocycles. The van der Waals surface area contributed by atoms with Gasteiger partial charge in [-0.05, 0) is 31.9 Å². The summed E-state index contributed by atoms with van der Waals surface area (Å²) in [5.74, 6) is 0.0984. The maximum absolute atomic E-state index is 12.0. The number of nitrogens with one attached hydrogen (secondary N) is 1. The summed E-state index contributed by atoms with van der Waals surface area (Å²) in [5.41, 5.74) is 0.655. The molecular weight excluding hydrogens is 264 g/mol. The molecule has 116 valence electrons. The van der Waals surface area contributed by atoms with E-state index in [-0.39, 0.29) is 11.8 Å². The van der Waals surface area contributed by atoms with E-state index >= 15 is 0 Å². The Kier molecular flexibility index (Phi) is 8.17. The van der Waals surface area contributed by atoms with Crippen LogP contribution in [0, 0.1) is 0 Å². The van der Waals surface area contributed by atoms with Gasteiger partial charge in [0.2, 0.25) is 5.91 Å². The van der Waals surface area contributed by atoms with Crippen LogP contribution in [0.25, 0.3) is 0 Å². The smallest absolute Gasteiger partial charge is 0.251 e. The molecule has 1 aromatic carbocycles. The molecule has 0 spiro atoms. The molecule has 1 aromatic rings. The van der Waals surface area contributed by atoms with Crippen molar-refractivity contribution in [1.82, 2.24) is 10.2 Å². The van der Waals surface area contributed by atoms with E-state index in [0.717, 1.165) is 25.9 Å². The SMILES string of the molecule is CCCCN(CC)C(=O)CCCNC(=O)c1ccccc1. The van der Waals surface area contributed by atoms with Gasteiger partial charge in [-0.3, -0.25) is 9.59 Å². The largest absolute Gasteiger partial charge is 0.352 e. The van der Waals surface area contributed by atoms with Crippen LogP contribution in [0.3, 0.4) is 0 Å². The first kappa shape index (κ1) is 17.2. The second-order valence-corrected chi connectivity index (χ2v) is 5.05. The first-order valence-electron chi connectivity index (χ1n) is 7.80. The fourth-order valence-corrected chi connectivity index (χ4v) is 2.10. The Hall–Kier alpha value is -1.84. The molecule has 0 bridgehead atoms. The Morgan fingerprint density at radius 2 is 1.81 bits per heavy atom. The van der Waals surface area contributed by atoms with E-state index in [9.17, 15) is 9.59 Å². The highest BCUT2D eigenvalue weighted by atomic mass is 16.2. The lowest BCUT2D eigenvalue weighted by atomic mass is 10.2. The molecule has 2 amide bonds. The molecule has 0 saturated heterocycles. The van der Waals surface area contributed by atoms with Gasteiger partial charge in [-0.25, -0.2) is 0 Å². The van der Waals surface area contributed by atoms with Gasteiger partial charge in [0.05, 0.1) is 0 Å². The van der Waals surface area contributed by atoms with Gasteiger partial charge in [0, 0.05) is 31.6 Å². The molecule has 1 rings (SSSR count). The summed E-state index contributed by atoms with van der Waals surface area (Å²) in [4.78, 5) is 25.7. The summed E-state index contributed by atoms with van der Waals surface area (Å²) in [5, 5.41) is 2.84. The van der Waals surface area contributed by atoms with Gasteiger partial charge in [0.25, 0.3) is 5.91 Å².